The monoisotopic (exact) mass is 437 g/mol. The molecule has 1 heterocycles. The van der Waals surface area contributed by atoms with Gasteiger partial charge in [-0.15, -0.1) is 0 Å². The van der Waals surface area contributed by atoms with Gasteiger partial charge < -0.3 is 9.64 Å². The SMILES string of the molecule is COc1ccc(CN2CCN(C(=O)c3ccc(Cl)c(NS(C)(=O)=O)c3)CC2)cc1. The van der Waals surface area contributed by atoms with Gasteiger partial charge in [0.05, 0.1) is 24.1 Å². The van der Waals surface area contributed by atoms with Crippen molar-refractivity contribution in [2.24, 2.45) is 0 Å². The molecule has 1 fully saturated rings. The summed E-state index contributed by atoms with van der Waals surface area (Å²) < 4.78 is 30.5. The summed E-state index contributed by atoms with van der Waals surface area (Å²) in [5, 5.41) is 0.247. The summed E-state index contributed by atoms with van der Waals surface area (Å²) in [6, 6.07) is 12.6. The molecule has 1 aliphatic rings. The van der Waals surface area contributed by atoms with Gasteiger partial charge in [-0.1, -0.05) is 23.7 Å². The Labute approximate surface area is 176 Å². The molecule has 9 heteroatoms. The Morgan fingerprint density at radius 1 is 1.10 bits per heavy atom. The largest absolute Gasteiger partial charge is 0.497 e. The first-order valence-corrected chi connectivity index (χ1v) is 11.4. The number of methoxy groups -OCH3 is 1. The number of carbonyl (C=O) groups is 1. The van der Waals surface area contributed by atoms with E-state index in [0.29, 0.717) is 18.7 Å². The summed E-state index contributed by atoms with van der Waals surface area (Å²) in [7, 11) is -1.84. The third kappa shape index (κ3) is 5.85. The van der Waals surface area contributed by atoms with Crippen LogP contribution in [0.5, 0.6) is 5.75 Å². The fraction of sp³-hybridized carbons (Fsp3) is 0.350. The number of rotatable bonds is 6. The average molecular weight is 438 g/mol. The molecule has 0 spiro atoms. The fourth-order valence-corrected chi connectivity index (χ4v) is 4.01. The van der Waals surface area contributed by atoms with Crippen LogP contribution in [-0.2, 0) is 16.6 Å². The average Bonchev–Trinajstić information content (AvgIpc) is 2.69. The van der Waals surface area contributed by atoms with Gasteiger partial charge in [0.15, 0.2) is 0 Å². The van der Waals surface area contributed by atoms with Gasteiger partial charge in [0.25, 0.3) is 5.91 Å². The zero-order chi connectivity index (χ0) is 21.0. The highest BCUT2D eigenvalue weighted by Gasteiger charge is 2.23. The van der Waals surface area contributed by atoms with E-state index in [1.807, 2.05) is 24.3 Å². The Hall–Kier alpha value is -2.29. The van der Waals surface area contributed by atoms with E-state index in [0.717, 1.165) is 31.6 Å². The lowest BCUT2D eigenvalue weighted by Gasteiger charge is -2.35. The second kappa shape index (κ2) is 9.02. The van der Waals surface area contributed by atoms with E-state index in [1.165, 1.54) is 17.7 Å². The molecule has 29 heavy (non-hydrogen) atoms. The maximum atomic E-state index is 12.8. The molecule has 0 unspecified atom stereocenters. The minimum absolute atomic E-state index is 0.137. The normalized spacial score (nSPS) is 15.2. The van der Waals surface area contributed by atoms with Crippen LogP contribution in [0.25, 0.3) is 0 Å². The number of anilines is 1. The topological polar surface area (TPSA) is 79.0 Å². The van der Waals surface area contributed by atoms with Crippen molar-refractivity contribution in [1.29, 1.82) is 0 Å². The van der Waals surface area contributed by atoms with Gasteiger partial charge in [0.2, 0.25) is 10.0 Å². The minimum Gasteiger partial charge on any atom is -0.497 e. The lowest BCUT2D eigenvalue weighted by atomic mass is 10.1. The van der Waals surface area contributed by atoms with Crippen molar-refractivity contribution in [3.05, 3.63) is 58.6 Å². The van der Waals surface area contributed by atoms with Gasteiger partial charge in [-0.3, -0.25) is 14.4 Å². The highest BCUT2D eigenvalue weighted by atomic mass is 35.5. The number of nitrogens with one attached hydrogen (secondary N) is 1. The standard InChI is InChI=1S/C20H24ClN3O4S/c1-28-17-6-3-15(4-7-17)14-23-9-11-24(12-10-23)20(25)16-5-8-18(21)19(13-16)22-29(2,26)27/h3-8,13,22H,9-12,14H2,1-2H3. The third-order valence-electron chi connectivity index (χ3n) is 4.73. The van der Waals surface area contributed by atoms with Crippen LogP contribution >= 0.6 is 11.6 Å². The zero-order valence-electron chi connectivity index (χ0n) is 16.4. The first-order chi connectivity index (χ1) is 13.7. The molecule has 0 aliphatic carbocycles. The highest BCUT2D eigenvalue weighted by Crippen LogP contribution is 2.25. The Bertz CT molecular complexity index is 972. The first kappa shape index (κ1) is 21.4. The number of piperazine rings is 1. The summed E-state index contributed by atoms with van der Waals surface area (Å²) in [6.45, 7) is 3.55. The number of nitrogens with zero attached hydrogens (tertiary/aromatic N) is 2. The van der Waals surface area contributed by atoms with Crippen LogP contribution in [-0.4, -0.2) is 63.7 Å². The highest BCUT2D eigenvalue weighted by molar-refractivity contribution is 7.92. The number of ether oxygens (including phenoxy) is 1. The van der Waals surface area contributed by atoms with E-state index in [-0.39, 0.29) is 16.6 Å². The van der Waals surface area contributed by atoms with Crippen molar-refractivity contribution in [3.63, 3.8) is 0 Å². The number of benzene rings is 2. The molecule has 2 aromatic rings. The molecule has 2 aromatic carbocycles. The Morgan fingerprint density at radius 3 is 2.34 bits per heavy atom. The molecule has 1 amide bonds. The molecular formula is C20H24ClN3O4S. The third-order valence-corrected chi connectivity index (χ3v) is 5.65. The van der Waals surface area contributed by atoms with E-state index >= 15 is 0 Å². The van der Waals surface area contributed by atoms with E-state index in [2.05, 4.69) is 9.62 Å². The Kier molecular flexibility index (Phi) is 6.66. The van der Waals surface area contributed by atoms with Crippen LogP contribution in [0, 0.1) is 0 Å². The van der Waals surface area contributed by atoms with E-state index in [9.17, 15) is 13.2 Å². The summed E-state index contributed by atoms with van der Waals surface area (Å²) in [5.41, 5.74) is 1.81. The molecule has 3 rings (SSSR count). The van der Waals surface area contributed by atoms with E-state index < -0.39 is 10.0 Å². The number of hydrogen-bond donors (Lipinski definition) is 1. The summed E-state index contributed by atoms with van der Waals surface area (Å²) in [6.07, 6.45) is 1.04. The quantitative estimate of drug-likeness (QED) is 0.751. The van der Waals surface area contributed by atoms with Crippen molar-refractivity contribution in [2.45, 2.75) is 6.54 Å². The Balaban J connectivity index is 1.60. The van der Waals surface area contributed by atoms with Gasteiger partial charge in [-0.25, -0.2) is 8.42 Å². The molecule has 1 aliphatic heterocycles. The molecule has 0 radical (unpaired) electrons. The van der Waals surface area contributed by atoms with Crippen LogP contribution in [0.1, 0.15) is 15.9 Å². The molecule has 7 nitrogen and oxygen atoms in total. The van der Waals surface area contributed by atoms with E-state index in [4.69, 9.17) is 16.3 Å². The summed E-state index contributed by atoms with van der Waals surface area (Å²) >= 11 is 6.04. The predicted molar refractivity (Wildman–Crippen MR) is 114 cm³/mol. The molecule has 0 bridgehead atoms. The number of amides is 1. The zero-order valence-corrected chi connectivity index (χ0v) is 18.0. The minimum atomic E-state index is -3.48. The Morgan fingerprint density at radius 2 is 1.76 bits per heavy atom. The number of halogens is 1. The fourth-order valence-electron chi connectivity index (χ4n) is 3.22. The molecule has 1 saturated heterocycles. The number of sulfonamides is 1. The molecule has 0 saturated carbocycles. The van der Waals surface area contributed by atoms with Crippen molar-refractivity contribution in [3.8, 4) is 5.75 Å². The summed E-state index contributed by atoms with van der Waals surface area (Å²) in [4.78, 5) is 16.9. The van der Waals surface area contributed by atoms with Crippen molar-refractivity contribution in [1.82, 2.24) is 9.80 Å². The predicted octanol–water partition coefficient (Wildman–Crippen LogP) is 2.68. The molecule has 156 valence electrons. The van der Waals surface area contributed by atoms with Crippen LogP contribution in [0.15, 0.2) is 42.5 Å². The van der Waals surface area contributed by atoms with Crippen LogP contribution in [0.3, 0.4) is 0 Å². The summed E-state index contributed by atoms with van der Waals surface area (Å²) in [5.74, 6) is 0.694. The van der Waals surface area contributed by atoms with Crippen LogP contribution < -0.4 is 9.46 Å². The molecule has 0 atom stereocenters. The molecular weight excluding hydrogens is 414 g/mol. The first-order valence-electron chi connectivity index (χ1n) is 9.17. The van der Waals surface area contributed by atoms with Gasteiger partial charge in [0.1, 0.15) is 5.75 Å². The second-order valence-corrected chi connectivity index (χ2v) is 9.14. The maximum Gasteiger partial charge on any atom is 0.254 e. The van der Waals surface area contributed by atoms with Gasteiger partial charge >= 0.3 is 0 Å². The molecule has 0 aromatic heterocycles. The lowest BCUT2D eigenvalue weighted by Crippen LogP contribution is -2.48. The van der Waals surface area contributed by atoms with Gasteiger partial charge in [0, 0.05) is 38.3 Å². The van der Waals surface area contributed by atoms with Crippen molar-refractivity contribution in [2.75, 3.05) is 44.3 Å². The van der Waals surface area contributed by atoms with E-state index in [1.54, 1.807) is 18.1 Å². The smallest absolute Gasteiger partial charge is 0.254 e. The maximum absolute atomic E-state index is 12.8. The molecule has 1 N–H and O–H groups in total. The van der Waals surface area contributed by atoms with Crippen LogP contribution in [0.2, 0.25) is 5.02 Å². The van der Waals surface area contributed by atoms with Crippen molar-refractivity contribution < 1.29 is 17.9 Å². The van der Waals surface area contributed by atoms with Gasteiger partial charge in [-0.2, -0.15) is 0 Å². The number of hydrogen-bond acceptors (Lipinski definition) is 5. The van der Waals surface area contributed by atoms with Crippen LogP contribution in [0.4, 0.5) is 5.69 Å². The number of carbonyl (C=O) groups excluding carboxylic acids is 1. The van der Waals surface area contributed by atoms with Crippen molar-refractivity contribution >= 4 is 33.2 Å². The van der Waals surface area contributed by atoms with Gasteiger partial charge in [-0.05, 0) is 35.9 Å². The lowest BCUT2D eigenvalue weighted by molar-refractivity contribution is 0.0628. The second-order valence-electron chi connectivity index (χ2n) is 6.99.